The van der Waals surface area contributed by atoms with Crippen LogP contribution in [-0.4, -0.2) is 70.1 Å². The van der Waals surface area contributed by atoms with Crippen molar-refractivity contribution in [3.63, 3.8) is 0 Å². The molecule has 0 aliphatic rings. The molecule has 0 aliphatic carbocycles. The average molecular weight is 501 g/mol. The molecule has 2 unspecified atom stereocenters. The minimum Gasteiger partial charge on any atom is -0.491 e. The van der Waals surface area contributed by atoms with Crippen molar-refractivity contribution in [2.24, 2.45) is 0 Å². The fraction of sp³-hybridized carbons (Fsp3) is 0.778. The average Bonchev–Trinajstić information content (AvgIpc) is 2.80. The molecule has 34 heavy (non-hydrogen) atoms. The third-order valence-electron chi connectivity index (χ3n) is 5.85. The lowest BCUT2D eigenvalue weighted by Gasteiger charge is -2.24. The Balaban J connectivity index is 2.14. The van der Waals surface area contributed by atoms with Gasteiger partial charge in [-0.1, -0.05) is 76.8 Å². The molecular weight excluding hydrogens is 449 g/mol. The number of nitrogens with zero attached hydrogens (tertiary/aromatic N) is 1. The predicted octanol–water partition coefficient (Wildman–Crippen LogP) is 6.50. The molecule has 0 heterocycles. The van der Waals surface area contributed by atoms with Crippen LogP contribution >= 0.6 is 8.60 Å². The van der Waals surface area contributed by atoms with Crippen molar-refractivity contribution in [1.82, 2.24) is 0 Å². The van der Waals surface area contributed by atoms with Gasteiger partial charge in [-0.05, 0) is 30.5 Å². The number of aryl methyl sites for hydroxylation is 1. The second kappa shape index (κ2) is 19.4. The first-order chi connectivity index (χ1) is 16.3. The first-order valence-corrected chi connectivity index (χ1v) is 14.3. The molecule has 0 spiro atoms. The monoisotopic (exact) mass is 500 g/mol. The summed E-state index contributed by atoms with van der Waals surface area (Å²) in [6, 6.07) is 8.34. The Kier molecular flexibility index (Phi) is 17.9. The van der Waals surface area contributed by atoms with Gasteiger partial charge in [-0.15, -0.1) is 0 Å². The van der Waals surface area contributed by atoms with E-state index in [0.717, 1.165) is 23.2 Å². The zero-order valence-corrected chi connectivity index (χ0v) is 23.4. The molecule has 7 heteroatoms. The number of likely N-dealkylation sites (N-methyl/N-ethyl adjacent to an activating group) is 1. The van der Waals surface area contributed by atoms with Gasteiger partial charge >= 0.3 is 8.60 Å². The number of hydrogen-bond acceptors (Lipinski definition) is 5. The van der Waals surface area contributed by atoms with Gasteiger partial charge < -0.3 is 27.9 Å². The van der Waals surface area contributed by atoms with Crippen LogP contribution in [0, 0.1) is 0 Å². The van der Waals surface area contributed by atoms with Gasteiger partial charge in [0.2, 0.25) is 0 Å². The summed E-state index contributed by atoms with van der Waals surface area (Å²) in [6.07, 6.45) is 14.5. The van der Waals surface area contributed by atoms with E-state index < -0.39 is 8.60 Å². The smallest absolute Gasteiger partial charge is 0.330 e. The lowest BCUT2D eigenvalue weighted by atomic mass is 10.0. The largest absolute Gasteiger partial charge is 0.491 e. The van der Waals surface area contributed by atoms with E-state index in [9.17, 15) is 4.89 Å². The van der Waals surface area contributed by atoms with E-state index >= 15 is 0 Å². The summed E-state index contributed by atoms with van der Waals surface area (Å²) < 4.78 is 22.8. The first-order valence-electron chi connectivity index (χ1n) is 13.1. The fourth-order valence-electron chi connectivity index (χ4n) is 3.52. The van der Waals surface area contributed by atoms with Crippen molar-refractivity contribution in [2.45, 2.75) is 83.7 Å². The number of ether oxygens (including phenoxy) is 2. The maximum Gasteiger partial charge on any atom is 0.330 e. The molecule has 198 valence electrons. The quantitative estimate of drug-likeness (QED) is 0.112. The van der Waals surface area contributed by atoms with Gasteiger partial charge in [0.15, 0.2) is 0 Å². The van der Waals surface area contributed by atoms with Crippen LogP contribution in [0.15, 0.2) is 24.3 Å². The minimum absolute atomic E-state index is 0.222. The normalized spacial score (nSPS) is 13.7. The first kappa shape index (κ1) is 31.3. The van der Waals surface area contributed by atoms with Crippen LogP contribution < -0.4 is 4.74 Å². The van der Waals surface area contributed by atoms with Crippen molar-refractivity contribution in [3.8, 4) is 5.75 Å². The van der Waals surface area contributed by atoms with E-state index in [4.69, 9.17) is 18.5 Å². The maximum absolute atomic E-state index is 9.89. The molecule has 6 nitrogen and oxygen atoms in total. The maximum atomic E-state index is 9.89. The number of methoxy groups -OCH3 is 1. The fourth-order valence-corrected chi connectivity index (χ4v) is 4.13. The van der Waals surface area contributed by atoms with Crippen LogP contribution in [0.25, 0.3) is 0 Å². The molecule has 0 aromatic heterocycles. The Morgan fingerprint density at radius 2 is 1.41 bits per heavy atom. The van der Waals surface area contributed by atoms with Crippen LogP contribution in [0.1, 0.15) is 76.7 Å². The highest BCUT2D eigenvalue weighted by Gasteiger charge is 2.16. The zero-order chi connectivity index (χ0) is 25.1. The van der Waals surface area contributed by atoms with Gasteiger partial charge in [-0.2, -0.15) is 0 Å². The standard InChI is InChI=1S/C27H51NO5P/c1-6-7-8-9-10-11-12-13-14-15-16-25-17-19-26(20-18-25)31-23-27(30-5)24-33-34(29)32-22-21-28(2,3)4/h17-20,27,29H,6-16,21-24H2,1-5H3/q+1. The van der Waals surface area contributed by atoms with Crippen LogP contribution in [0.4, 0.5) is 0 Å². The van der Waals surface area contributed by atoms with Gasteiger partial charge in [-0.3, -0.25) is 0 Å². The molecule has 0 bridgehead atoms. The van der Waals surface area contributed by atoms with Gasteiger partial charge in [0, 0.05) is 7.11 Å². The number of quaternary nitrogens is 1. The van der Waals surface area contributed by atoms with E-state index in [1.807, 2.05) is 12.1 Å². The predicted molar refractivity (Wildman–Crippen MR) is 142 cm³/mol. The summed E-state index contributed by atoms with van der Waals surface area (Å²) in [5.74, 6) is 0.819. The van der Waals surface area contributed by atoms with E-state index in [1.54, 1.807) is 7.11 Å². The highest BCUT2D eigenvalue weighted by molar-refractivity contribution is 7.40. The van der Waals surface area contributed by atoms with E-state index in [1.165, 1.54) is 69.8 Å². The molecule has 1 aromatic rings. The van der Waals surface area contributed by atoms with E-state index in [-0.39, 0.29) is 12.7 Å². The van der Waals surface area contributed by atoms with E-state index in [0.29, 0.717) is 13.2 Å². The van der Waals surface area contributed by atoms with Crippen molar-refractivity contribution >= 4 is 8.60 Å². The second-order valence-electron chi connectivity index (χ2n) is 10.1. The van der Waals surface area contributed by atoms with E-state index in [2.05, 4.69) is 40.2 Å². The summed E-state index contributed by atoms with van der Waals surface area (Å²) in [5, 5.41) is 0. The van der Waals surface area contributed by atoms with Gasteiger partial charge in [0.1, 0.15) is 31.6 Å². The van der Waals surface area contributed by atoms with Gasteiger partial charge in [-0.25, -0.2) is 0 Å². The summed E-state index contributed by atoms with van der Waals surface area (Å²) in [6.45, 7) is 4.10. The second-order valence-corrected chi connectivity index (χ2v) is 11.1. The molecular formula is C27H51NO5P+. The minimum atomic E-state index is -1.90. The Hall–Kier alpha value is -0.750. The van der Waals surface area contributed by atoms with Crippen LogP contribution in [-0.2, 0) is 20.2 Å². The molecule has 0 fully saturated rings. The van der Waals surface area contributed by atoms with Gasteiger partial charge in [0.25, 0.3) is 0 Å². The topological polar surface area (TPSA) is 57.2 Å². The molecule has 1 aromatic carbocycles. The SMILES string of the molecule is CCCCCCCCCCCCc1ccc(OCC(COP(O)OCC[N+](C)(C)C)OC)cc1. The molecule has 0 saturated carbocycles. The van der Waals surface area contributed by atoms with Gasteiger partial charge in [0.05, 0.1) is 27.7 Å². The third-order valence-corrected chi connectivity index (χ3v) is 6.62. The Bertz CT molecular complexity index is 594. The molecule has 1 rings (SSSR count). The number of hydrogen-bond donors (Lipinski definition) is 1. The highest BCUT2D eigenvalue weighted by Crippen LogP contribution is 2.32. The van der Waals surface area contributed by atoms with Crippen LogP contribution in [0.3, 0.4) is 0 Å². The third kappa shape index (κ3) is 17.7. The number of rotatable bonds is 22. The van der Waals surface area contributed by atoms with Crippen molar-refractivity contribution in [2.75, 3.05) is 54.6 Å². The lowest BCUT2D eigenvalue weighted by Crippen LogP contribution is -2.37. The summed E-state index contributed by atoms with van der Waals surface area (Å²) >= 11 is 0. The van der Waals surface area contributed by atoms with Crippen molar-refractivity contribution < 1.29 is 27.9 Å². The van der Waals surface area contributed by atoms with Crippen molar-refractivity contribution in [3.05, 3.63) is 29.8 Å². The molecule has 1 N–H and O–H groups in total. The summed E-state index contributed by atoms with van der Waals surface area (Å²) in [4.78, 5) is 9.89. The number of benzene rings is 1. The van der Waals surface area contributed by atoms with Crippen LogP contribution in [0.2, 0.25) is 0 Å². The number of unbranched alkanes of at least 4 members (excludes halogenated alkanes) is 9. The zero-order valence-electron chi connectivity index (χ0n) is 22.5. The molecule has 0 aliphatic heterocycles. The summed E-state index contributed by atoms with van der Waals surface area (Å²) in [7, 11) is 5.94. The molecule has 2 atom stereocenters. The Morgan fingerprint density at radius 3 is 1.97 bits per heavy atom. The Labute approximate surface area is 210 Å². The highest BCUT2D eigenvalue weighted by atomic mass is 31.2. The Morgan fingerprint density at radius 1 is 0.824 bits per heavy atom. The summed E-state index contributed by atoms with van der Waals surface area (Å²) in [5.41, 5.74) is 1.36. The molecule has 0 saturated heterocycles. The van der Waals surface area contributed by atoms with Crippen LogP contribution in [0.5, 0.6) is 5.75 Å². The lowest BCUT2D eigenvalue weighted by molar-refractivity contribution is -0.870. The molecule has 0 amide bonds. The van der Waals surface area contributed by atoms with Crippen molar-refractivity contribution in [1.29, 1.82) is 0 Å². The molecule has 0 radical (unpaired) electrons.